The van der Waals surface area contributed by atoms with Crippen molar-refractivity contribution in [1.29, 1.82) is 0 Å². The molecule has 4 heteroatoms. The quantitative estimate of drug-likeness (QED) is 0.785. The molecule has 14 heavy (non-hydrogen) atoms. The Balaban J connectivity index is 2.73. The van der Waals surface area contributed by atoms with E-state index in [0.717, 1.165) is 0 Å². The molecule has 0 aliphatic rings. The second kappa shape index (κ2) is 4.41. The van der Waals surface area contributed by atoms with Gasteiger partial charge in [-0.05, 0) is 25.1 Å². The number of benzene rings is 1. The topological polar surface area (TPSA) is 63.6 Å². The molecule has 0 spiro atoms. The van der Waals surface area contributed by atoms with E-state index in [2.05, 4.69) is 0 Å². The number of carbonyl (C=O) groups is 2. The molecule has 0 atom stereocenters. The van der Waals surface area contributed by atoms with Crippen LogP contribution in [0.15, 0.2) is 24.3 Å². The van der Waals surface area contributed by atoms with Crippen molar-refractivity contribution < 1.29 is 19.4 Å². The molecule has 0 amide bonds. The van der Waals surface area contributed by atoms with Crippen LogP contribution in [-0.4, -0.2) is 23.5 Å². The number of ketones is 1. The Labute approximate surface area is 81.1 Å². The maximum Gasteiger partial charge on any atom is 0.335 e. The van der Waals surface area contributed by atoms with Gasteiger partial charge in [-0.2, -0.15) is 0 Å². The Morgan fingerprint density at radius 1 is 1.43 bits per heavy atom. The normalized spacial score (nSPS) is 9.50. The van der Waals surface area contributed by atoms with E-state index in [0.29, 0.717) is 5.75 Å². The van der Waals surface area contributed by atoms with E-state index in [9.17, 15) is 9.59 Å². The number of carboxylic acids is 1. The van der Waals surface area contributed by atoms with Gasteiger partial charge in [0.15, 0.2) is 5.78 Å². The van der Waals surface area contributed by atoms with E-state index in [1.807, 2.05) is 0 Å². The number of aromatic carboxylic acids is 1. The second-order valence-corrected chi connectivity index (χ2v) is 2.82. The van der Waals surface area contributed by atoms with Crippen molar-refractivity contribution in [2.45, 2.75) is 6.92 Å². The highest BCUT2D eigenvalue weighted by molar-refractivity contribution is 5.88. The molecule has 0 bridgehead atoms. The number of hydrogen-bond donors (Lipinski definition) is 1. The largest absolute Gasteiger partial charge is 0.486 e. The maximum atomic E-state index is 10.6. The molecule has 0 aromatic heterocycles. The van der Waals surface area contributed by atoms with Gasteiger partial charge in [-0.25, -0.2) is 4.79 Å². The Bertz CT molecular complexity index is 357. The first kappa shape index (κ1) is 10.2. The summed E-state index contributed by atoms with van der Waals surface area (Å²) in [6.07, 6.45) is 0. The zero-order valence-corrected chi connectivity index (χ0v) is 7.69. The number of Topliss-reactive ketones (excluding diaryl/α,β-unsaturated/α-hetero) is 1. The van der Waals surface area contributed by atoms with E-state index in [1.165, 1.54) is 19.1 Å². The third kappa shape index (κ3) is 2.90. The van der Waals surface area contributed by atoms with Crippen LogP contribution in [-0.2, 0) is 4.79 Å². The van der Waals surface area contributed by atoms with Crippen molar-refractivity contribution in [2.24, 2.45) is 0 Å². The molecule has 0 heterocycles. The molecular weight excluding hydrogens is 184 g/mol. The average molecular weight is 194 g/mol. The molecule has 0 aliphatic heterocycles. The predicted octanol–water partition coefficient (Wildman–Crippen LogP) is 1.35. The van der Waals surface area contributed by atoms with E-state index in [1.54, 1.807) is 12.1 Å². The van der Waals surface area contributed by atoms with Crippen LogP contribution in [0.5, 0.6) is 5.75 Å². The van der Waals surface area contributed by atoms with Crippen molar-refractivity contribution in [2.75, 3.05) is 6.61 Å². The fourth-order valence-electron chi connectivity index (χ4n) is 0.904. The standard InChI is InChI=1S/C10H10O4/c1-7(11)6-14-9-4-2-3-8(5-9)10(12)13/h2-5H,6H2,1H3,(H,12,13). The van der Waals surface area contributed by atoms with E-state index in [4.69, 9.17) is 9.84 Å². The van der Waals surface area contributed by atoms with Gasteiger partial charge in [0.25, 0.3) is 0 Å². The Hall–Kier alpha value is -1.84. The summed E-state index contributed by atoms with van der Waals surface area (Å²) >= 11 is 0. The maximum absolute atomic E-state index is 10.6. The molecular formula is C10H10O4. The second-order valence-electron chi connectivity index (χ2n) is 2.82. The third-order valence-corrected chi connectivity index (χ3v) is 1.52. The van der Waals surface area contributed by atoms with Crippen LogP contribution in [0.25, 0.3) is 0 Å². The van der Waals surface area contributed by atoms with Crippen molar-refractivity contribution in [3.8, 4) is 5.75 Å². The van der Waals surface area contributed by atoms with Crippen molar-refractivity contribution in [3.05, 3.63) is 29.8 Å². The highest BCUT2D eigenvalue weighted by Gasteiger charge is 2.03. The minimum atomic E-state index is -1.02. The summed E-state index contributed by atoms with van der Waals surface area (Å²) in [5, 5.41) is 8.66. The first-order chi connectivity index (χ1) is 6.59. The smallest absolute Gasteiger partial charge is 0.335 e. The van der Waals surface area contributed by atoms with Crippen molar-refractivity contribution in [1.82, 2.24) is 0 Å². The van der Waals surface area contributed by atoms with Crippen LogP contribution in [0.1, 0.15) is 17.3 Å². The van der Waals surface area contributed by atoms with Crippen molar-refractivity contribution in [3.63, 3.8) is 0 Å². The highest BCUT2D eigenvalue weighted by atomic mass is 16.5. The Morgan fingerprint density at radius 2 is 2.14 bits per heavy atom. The van der Waals surface area contributed by atoms with E-state index < -0.39 is 5.97 Å². The molecule has 4 nitrogen and oxygen atoms in total. The lowest BCUT2D eigenvalue weighted by atomic mass is 10.2. The lowest BCUT2D eigenvalue weighted by Crippen LogP contribution is -2.07. The van der Waals surface area contributed by atoms with Gasteiger partial charge in [-0.15, -0.1) is 0 Å². The molecule has 1 N–H and O–H groups in total. The summed E-state index contributed by atoms with van der Waals surface area (Å²) in [6, 6.07) is 6.02. The molecule has 0 unspecified atom stereocenters. The molecule has 0 saturated heterocycles. The van der Waals surface area contributed by atoms with Crippen LogP contribution >= 0.6 is 0 Å². The van der Waals surface area contributed by atoms with Gasteiger partial charge in [0.1, 0.15) is 12.4 Å². The average Bonchev–Trinajstić information content (AvgIpc) is 2.15. The van der Waals surface area contributed by atoms with Crippen LogP contribution < -0.4 is 4.74 Å². The Kier molecular flexibility index (Phi) is 3.23. The minimum absolute atomic E-state index is 0.0386. The van der Waals surface area contributed by atoms with Gasteiger partial charge >= 0.3 is 5.97 Å². The summed E-state index contributed by atoms with van der Waals surface area (Å²) in [4.78, 5) is 21.2. The first-order valence-electron chi connectivity index (χ1n) is 4.05. The van der Waals surface area contributed by atoms with Gasteiger partial charge in [-0.1, -0.05) is 6.07 Å². The molecule has 1 aromatic rings. The number of carboxylic acid groups (broad SMARTS) is 1. The molecule has 0 radical (unpaired) electrons. The third-order valence-electron chi connectivity index (χ3n) is 1.52. The minimum Gasteiger partial charge on any atom is -0.486 e. The molecule has 0 saturated carbocycles. The van der Waals surface area contributed by atoms with E-state index >= 15 is 0 Å². The number of carbonyl (C=O) groups excluding carboxylic acids is 1. The lowest BCUT2D eigenvalue weighted by molar-refractivity contribution is -0.118. The van der Waals surface area contributed by atoms with Gasteiger partial charge in [0, 0.05) is 0 Å². The van der Waals surface area contributed by atoms with Gasteiger partial charge in [0.2, 0.25) is 0 Å². The predicted molar refractivity (Wildman–Crippen MR) is 49.6 cm³/mol. The molecule has 0 aliphatic carbocycles. The summed E-state index contributed by atoms with van der Waals surface area (Å²) in [5.74, 6) is -0.732. The number of ether oxygens (including phenoxy) is 1. The number of hydrogen-bond acceptors (Lipinski definition) is 3. The SMILES string of the molecule is CC(=O)COc1cccc(C(=O)O)c1. The first-order valence-corrected chi connectivity index (χ1v) is 4.05. The van der Waals surface area contributed by atoms with Gasteiger partial charge in [0.05, 0.1) is 5.56 Å². The fraction of sp³-hybridized carbons (Fsp3) is 0.200. The molecule has 74 valence electrons. The van der Waals surface area contributed by atoms with Gasteiger partial charge in [-0.3, -0.25) is 4.79 Å². The summed E-state index contributed by atoms with van der Waals surface area (Å²) < 4.78 is 5.05. The summed E-state index contributed by atoms with van der Waals surface area (Å²) in [5.41, 5.74) is 0.144. The lowest BCUT2D eigenvalue weighted by Gasteiger charge is -2.03. The molecule has 1 rings (SSSR count). The van der Waals surface area contributed by atoms with Crippen LogP contribution in [0, 0.1) is 0 Å². The fourth-order valence-corrected chi connectivity index (χ4v) is 0.904. The monoisotopic (exact) mass is 194 g/mol. The van der Waals surface area contributed by atoms with Crippen LogP contribution in [0.4, 0.5) is 0 Å². The molecule has 1 aromatic carbocycles. The van der Waals surface area contributed by atoms with Crippen LogP contribution in [0.3, 0.4) is 0 Å². The summed E-state index contributed by atoms with van der Waals surface area (Å²) in [6.45, 7) is 1.37. The highest BCUT2D eigenvalue weighted by Crippen LogP contribution is 2.12. The zero-order chi connectivity index (χ0) is 10.6. The van der Waals surface area contributed by atoms with Crippen molar-refractivity contribution >= 4 is 11.8 Å². The van der Waals surface area contributed by atoms with Gasteiger partial charge < -0.3 is 9.84 Å². The van der Waals surface area contributed by atoms with Crippen LogP contribution in [0.2, 0.25) is 0 Å². The van der Waals surface area contributed by atoms with E-state index in [-0.39, 0.29) is 18.0 Å². The number of rotatable bonds is 4. The molecule has 0 fully saturated rings. The zero-order valence-electron chi connectivity index (χ0n) is 7.69. The summed E-state index contributed by atoms with van der Waals surface area (Å²) in [7, 11) is 0. The Morgan fingerprint density at radius 3 is 2.71 bits per heavy atom.